The van der Waals surface area contributed by atoms with Gasteiger partial charge >= 0.3 is 0 Å². The number of alkyl halides is 1. The van der Waals surface area contributed by atoms with Crippen LogP contribution in [0.2, 0.25) is 0 Å². The fourth-order valence-corrected chi connectivity index (χ4v) is 5.44. The van der Waals surface area contributed by atoms with Gasteiger partial charge in [-0.15, -0.1) is 11.3 Å². The summed E-state index contributed by atoms with van der Waals surface area (Å²) in [5, 5.41) is 8.44. The van der Waals surface area contributed by atoms with Gasteiger partial charge in [0, 0.05) is 31.0 Å². The van der Waals surface area contributed by atoms with Gasteiger partial charge in [-0.25, -0.2) is 18.2 Å². The van der Waals surface area contributed by atoms with E-state index in [1.54, 1.807) is 11.7 Å². The fraction of sp³-hybridized carbons (Fsp3) is 0.458. The Bertz CT molecular complexity index is 1220. The van der Waals surface area contributed by atoms with Gasteiger partial charge in [-0.2, -0.15) is 5.10 Å². The third-order valence-electron chi connectivity index (χ3n) is 6.64. The van der Waals surface area contributed by atoms with E-state index in [1.807, 2.05) is 0 Å². The first-order chi connectivity index (χ1) is 17.3. The number of nitrogens with one attached hydrogen (secondary N) is 1. The van der Waals surface area contributed by atoms with Gasteiger partial charge in [0.15, 0.2) is 0 Å². The number of nitrogens with two attached hydrogens (primary N) is 1. The Labute approximate surface area is 209 Å². The van der Waals surface area contributed by atoms with Gasteiger partial charge < -0.3 is 20.5 Å². The number of aryl methyl sites for hydroxylation is 1. The van der Waals surface area contributed by atoms with Crippen LogP contribution in [0.25, 0.3) is 10.6 Å². The number of hydrogen-bond donors (Lipinski definition) is 2. The third kappa shape index (κ3) is 4.90. The van der Waals surface area contributed by atoms with Gasteiger partial charge in [-0.05, 0) is 37.0 Å². The molecule has 1 unspecified atom stereocenters. The number of thiazole rings is 1. The zero-order valence-electron chi connectivity index (χ0n) is 19.5. The molecule has 36 heavy (non-hydrogen) atoms. The maximum absolute atomic E-state index is 14.9. The van der Waals surface area contributed by atoms with Crippen LogP contribution in [0.5, 0.6) is 0 Å². The highest BCUT2D eigenvalue weighted by molar-refractivity contribution is 7.13. The van der Waals surface area contributed by atoms with Crippen LogP contribution in [-0.2, 0) is 16.5 Å². The number of ether oxygens (including phenoxy) is 2. The molecule has 0 spiro atoms. The summed E-state index contributed by atoms with van der Waals surface area (Å²) in [5.41, 5.74) is 7.06. The molecule has 12 heteroatoms. The normalized spacial score (nSPS) is 24.6. The number of anilines is 1. The first kappa shape index (κ1) is 24.9. The Hall–Kier alpha value is -2.80. The van der Waals surface area contributed by atoms with E-state index in [9.17, 15) is 18.0 Å². The van der Waals surface area contributed by atoms with E-state index in [1.165, 1.54) is 23.7 Å². The topological polar surface area (TPSA) is 104 Å². The molecule has 2 aliphatic heterocycles. The molecule has 0 radical (unpaired) electrons. The van der Waals surface area contributed by atoms with Crippen LogP contribution in [0, 0.1) is 11.6 Å². The molecule has 2 aromatic heterocycles. The zero-order chi connectivity index (χ0) is 25.4. The monoisotopic (exact) mass is 521 g/mol. The zero-order valence-corrected chi connectivity index (χ0v) is 20.4. The van der Waals surface area contributed by atoms with Crippen molar-refractivity contribution in [3.63, 3.8) is 0 Å². The molecule has 0 bridgehead atoms. The van der Waals surface area contributed by atoms with Gasteiger partial charge in [0.05, 0.1) is 36.4 Å². The molecule has 3 aromatic rings. The summed E-state index contributed by atoms with van der Waals surface area (Å²) < 4.78 is 56.3. The van der Waals surface area contributed by atoms with Gasteiger partial charge in [0.2, 0.25) is 0 Å². The second kappa shape index (κ2) is 10.3. The molecular weight excluding hydrogens is 495 g/mol. The highest BCUT2D eigenvalue weighted by atomic mass is 32.1. The predicted molar refractivity (Wildman–Crippen MR) is 128 cm³/mol. The molecule has 2 saturated heterocycles. The Morgan fingerprint density at radius 1 is 1.22 bits per heavy atom. The first-order valence-electron chi connectivity index (χ1n) is 11.7. The molecule has 0 aliphatic carbocycles. The van der Waals surface area contributed by atoms with Crippen molar-refractivity contribution < 1.29 is 27.4 Å². The summed E-state index contributed by atoms with van der Waals surface area (Å²) in [6.45, 7) is 0.850. The highest BCUT2D eigenvalue weighted by Gasteiger charge is 2.30. The highest BCUT2D eigenvalue weighted by Crippen LogP contribution is 2.35. The minimum absolute atomic E-state index is 0.00417. The second-order valence-corrected chi connectivity index (χ2v) is 9.92. The molecule has 2 fully saturated rings. The number of aromatic nitrogens is 3. The molecule has 3 N–H and O–H groups in total. The van der Waals surface area contributed by atoms with Crippen molar-refractivity contribution in [2.24, 2.45) is 12.8 Å². The summed E-state index contributed by atoms with van der Waals surface area (Å²) in [7, 11) is 1.69. The molecule has 192 valence electrons. The van der Waals surface area contributed by atoms with Crippen LogP contribution >= 0.6 is 11.3 Å². The molecule has 4 atom stereocenters. The van der Waals surface area contributed by atoms with Gasteiger partial charge in [0.25, 0.3) is 5.91 Å². The molecule has 0 saturated carbocycles. The van der Waals surface area contributed by atoms with Crippen molar-refractivity contribution in [2.75, 3.05) is 25.1 Å². The third-order valence-corrected chi connectivity index (χ3v) is 7.50. The molecule has 2 aliphatic rings. The van der Waals surface area contributed by atoms with E-state index in [-0.39, 0.29) is 28.8 Å². The quantitative estimate of drug-likeness (QED) is 0.524. The number of amides is 1. The number of hydrogen-bond acceptors (Lipinski definition) is 7. The van der Waals surface area contributed by atoms with Crippen molar-refractivity contribution in [1.82, 2.24) is 14.8 Å². The van der Waals surface area contributed by atoms with E-state index < -0.39 is 35.9 Å². The SMILES string of the molecule is Cn1ncc(NC(=O)c2csc(-c3c(F)cc(C4CCOC4)cc3F)n2)c1[C@@H]1CC[C@@H](N)[C@H](F)CO1. The first-order valence-corrected chi connectivity index (χ1v) is 12.6. The molecule has 8 nitrogen and oxygen atoms in total. The van der Waals surface area contributed by atoms with Crippen LogP contribution in [0.3, 0.4) is 0 Å². The molecule has 5 rings (SSSR count). The van der Waals surface area contributed by atoms with E-state index in [4.69, 9.17) is 15.2 Å². The van der Waals surface area contributed by atoms with Crippen molar-refractivity contribution in [3.8, 4) is 10.6 Å². The number of carbonyl (C=O) groups is 1. The maximum atomic E-state index is 14.9. The maximum Gasteiger partial charge on any atom is 0.275 e. The standard InChI is InChI=1S/C24H26F3N5O3S/c1-32-22(20-3-2-17(28)16(27)10-35-20)18(8-29-32)30-23(33)19-11-36-24(31-19)21-14(25)6-13(7-15(21)26)12-4-5-34-9-12/h6-8,11-12,16-17,20H,2-5,9-10,28H2,1H3,(H,30,33)/t12?,16-,17-,20+/m1/s1. The number of carbonyl (C=O) groups excluding carboxylic acids is 1. The van der Waals surface area contributed by atoms with Crippen LogP contribution in [0.1, 0.15) is 53.0 Å². The summed E-state index contributed by atoms with van der Waals surface area (Å²) in [5.74, 6) is -2.08. The predicted octanol–water partition coefficient (Wildman–Crippen LogP) is 4.09. The molecule has 1 amide bonds. The summed E-state index contributed by atoms with van der Waals surface area (Å²) >= 11 is 0.971. The van der Waals surface area contributed by atoms with Gasteiger partial charge in [-0.1, -0.05) is 0 Å². The van der Waals surface area contributed by atoms with Crippen molar-refractivity contribution in [2.45, 2.75) is 43.5 Å². The summed E-state index contributed by atoms with van der Waals surface area (Å²) in [6.07, 6.45) is 1.29. The lowest BCUT2D eigenvalue weighted by molar-refractivity contribution is 0.0247. The van der Waals surface area contributed by atoms with Crippen LogP contribution < -0.4 is 11.1 Å². The number of rotatable bonds is 5. The van der Waals surface area contributed by atoms with Gasteiger partial charge in [-0.3, -0.25) is 9.48 Å². The second-order valence-electron chi connectivity index (χ2n) is 9.06. The minimum Gasteiger partial charge on any atom is -0.381 e. The van der Waals surface area contributed by atoms with Crippen LogP contribution in [0.15, 0.2) is 23.7 Å². The molecule has 1 aromatic carbocycles. The van der Waals surface area contributed by atoms with Crippen molar-refractivity contribution in [1.29, 1.82) is 0 Å². The van der Waals surface area contributed by atoms with E-state index in [2.05, 4.69) is 15.4 Å². The molecular formula is C24H26F3N5O3S. The Morgan fingerprint density at radius 2 is 2.00 bits per heavy atom. The van der Waals surface area contributed by atoms with E-state index in [0.29, 0.717) is 49.4 Å². The smallest absolute Gasteiger partial charge is 0.275 e. The Morgan fingerprint density at radius 3 is 2.72 bits per heavy atom. The van der Waals surface area contributed by atoms with Crippen LogP contribution in [0.4, 0.5) is 18.9 Å². The Kier molecular flexibility index (Phi) is 7.11. The lowest BCUT2D eigenvalue weighted by Crippen LogP contribution is -2.32. The average Bonchev–Trinajstić information content (AvgIpc) is 3.59. The van der Waals surface area contributed by atoms with E-state index in [0.717, 1.165) is 11.3 Å². The van der Waals surface area contributed by atoms with Crippen molar-refractivity contribution in [3.05, 3.63) is 52.3 Å². The Balaban J connectivity index is 1.34. The average molecular weight is 522 g/mol. The molecule has 4 heterocycles. The largest absolute Gasteiger partial charge is 0.381 e. The van der Waals surface area contributed by atoms with E-state index >= 15 is 0 Å². The van der Waals surface area contributed by atoms with Gasteiger partial charge in [0.1, 0.15) is 34.6 Å². The minimum atomic E-state index is -1.27. The number of benzene rings is 1. The lowest BCUT2D eigenvalue weighted by Gasteiger charge is -2.17. The lowest BCUT2D eigenvalue weighted by atomic mass is 9.97. The van der Waals surface area contributed by atoms with Crippen molar-refractivity contribution >= 4 is 22.9 Å². The van der Waals surface area contributed by atoms with Crippen LogP contribution in [-0.4, -0.2) is 52.7 Å². The fourth-order valence-electron chi connectivity index (χ4n) is 4.59. The number of halogens is 3. The summed E-state index contributed by atoms with van der Waals surface area (Å²) in [6, 6.07) is 2.00. The number of nitrogens with zero attached hydrogens (tertiary/aromatic N) is 3. The summed E-state index contributed by atoms with van der Waals surface area (Å²) in [4.78, 5) is 17.1.